The summed E-state index contributed by atoms with van der Waals surface area (Å²) in [5, 5.41) is 5.09. The minimum absolute atomic E-state index is 0.0114. The van der Waals surface area contributed by atoms with Crippen LogP contribution in [0.2, 0.25) is 0 Å². The number of hydrogen-bond donors (Lipinski definition) is 1. The zero-order chi connectivity index (χ0) is 21.9. The van der Waals surface area contributed by atoms with Gasteiger partial charge in [-0.25, -0.2) is 22.0 Å². The molecule has 0 bridgehead atoms. The molecular weight excluding hydrogens is 422 g/mol. The molecule has 0 spiro atoms. The number of primary sulfonamides is 1. The third-order valence-electron chi connectivity index (χ3n) is 4.68. The van der Waals surface area contributed by atoms with Gasteiger partial charge < -0.3 is 0 Å². The Bertz CT molecular complexity index is 1240. The Morgan fingerprint density at radius 3 is 2.07 bits per heavy atom. The van der Waals surface area contributed by atoms with Gasteiger partial charge in [-0.1, -0.05) is 32.0 Å². The Balaban J connectivity index is 0.00000124. The first-order valence-electron chi connectivity index (χ1n) is 9.46. The predicted octanol–water partition coefficient (Wildman–Crippen LogP) is 3.17. The van der Waals surface area contributed by atoms with E-state index in [1.165, 1.54) is 28.6 Å². The first kappa shape index (κ1) is 21.9. The third-order valence-corrected chi connectivity index (χ3v) is 7.43. The van der Waals surface area contributed by atoms with Crippen LogP contribution in [-0.2, 0) is 26.5 Å². The molecule has 2 N–H and O–H groups in total. The standard InChI is InChI=1S/C19H17N3O4S2.C2H6/c20-27(23,24)16-4-6-17(7-5-16)28(25,26)22-13-10-15-2-1-3-18(19(15)22)14-8-11-21-12-9-14;1-2/h1-9,11-12H,10,13H2,(H2,20,23,24);1-2H3. The van der Waals surface area contributed by atoms with Gasteiger partial charge in [-0.3, -0.25) is 9.29 Å². The van der Waals surface area contributed by atoms with Crippen molar-refractivity contribution in [3.05, 3.63) is 72.6 Å². The monoisotopic (exact) mass is 445 g/mol. The van der Waals surface area contributed by atoms with Crippen molar-refractivity contribution >= 4 is 25.7 Å². The number of rotatable bonds is 4. The molecule has 158 valence electrons. The van der Waals surface area contributed by atoms with Gasteiger partial charge in [0.15, 0.2) is 0 Å². The highest BCUT2D eigenvalue weighted by Gasteiger charge is 2.33. The number of aromatic nitrogens is 1. The molecule has 2 heterocycles. The summed E-state index contributed by atoms with van der Waals surface area (Å²) in [6, 6.07) is 14.3. The lowest BCUT2D eigenvalue weighted by atomic mass is 10.0. The molecule has 3 aromatic rings. The first-order chi connectivity index (χ1) is 14.3. The minimum atomic E-state index is -3.89. The van der Waals surface area contributed by atoms with E-state index in [0.717, 1.165) is 16.7 Å². The number of para-hydroxylation sites is 1. The van der Waals surface area contributed by atoms with Gasteiger partial charge in [0.1, 0.15) is 0 Å². The number of benzene rings is 2. The van der Waals surface area contributed by atoms with Crippen LogP contribution in [0, 0.1) is 0 Å². The van der Waals surface area contributed by atoms with E-state index in [1.54, 1.807) is 12.4 Å². The highest BCUT2D eigenvalue weighted by atomic mass is 32.2. The predicted molar refractivity (Wildman–Crippen MR) is 117 cm³/mol. The average Bonchev–Trinajstić information content (AvgIpc) is 3.20. The van der Waals surface area contributed by atoms with E-state index in [-0.39, 0.29) is 9.79 Å². The number of anilines is 1. The normalized spacial score (nSPS) is 13.4. The summed E-state index contributed by atoms with van der Waals surface area (Å²) in [7, 11) is -7.75. The van der Waals surface area contributed by atoms with Crippen LogP contribution in [0.3, 0.4) is 0 Å². The second-order valence-corrected chi connectivity index (χ2v) is 9.82. The molecule has 1 aliphatic rings. The van der Waals surface area contributed by atoms with Crippen LogP contribution in [0.25, 0.3) is 11.1 Å². The lowest BCUT2D eigenvalue weighted by Crippen LogP contribution is -2.29. The molecule has 30 heavy (non-hydrogen) atoms. The maximum absolute atomic E-state index is 13.3. The maximum atomic E-state index is 13.3. The molecule has 0 atom stereocenters. The summed E-state index contributed by atoms with van der Waals surface area (Å²) >= 11 is 0. The molecule has 0 fully saturated rings. The van der Waals surface area contributed by atoms with Gasteiger partial charge in [0.25, 0.3) is 10.0 Å². The smallest absolute Gasteiger partial charge is 0.264 e. The molecular formula is C21H23N3O4S2. The Morgan fingerprint density at radius 1 is 0.867 bits per heavy atom. The van der Waals surface area contributed by atoms with Gasteiger partial charge in [-0.05, 0) is 53.9 Å². The molecule has 0 radical (unpaired) electrons. The number of nitrogens with two attached hydrogens (primary N) is 1. The SMILES string of the molecule is CC.NS(=O)(=O)c1ccc(S(=O)(=O)N2CCc3cccc(-c4ccncc4)c32)cc1. The fourth-order valence-corrected chi connectivity index (χ4v) is 5.39. The van der Waals surface area contributed by atoms with E-state index in [1.807, 2.05) is 44.2 Å². The van der Waals surface area contributed by atoms with Crippen molar-refractivity contribution in [3.63, 3.8) is 0 Å². The summed E-state index contributed by atoms with van der Waals surface area (Å²) in [6.45, 7) is 4.32. The Kier molecular flexibility index (Phi) is 6.25. The quantitative estimate of drug-likeness (QED) is 0.663. The largest absolute Gasteiger partial charge is 0.265 e. The summed E-state index contributed by atoms with van der Waals surface area (Å²) in [5.41, 5.74) is 3.27. The van der Waals surface area contributed by atoms with E-state index in [0.29, 0.717) is 18.7 Å². The van der Waals surface area contributed by atoms with Gasteiger partial charge in [-0.15, -0.1) is 0 Å². The molecule has 1 aliphatic heterocycles. The molecule has 0 saturated carbocycles. The van der Waals surface area contributed by atoms with Crippen LogP contribution in [0.4, 0.5) is 5.69 Å². The van der Waals surface area contributed by atoms with Crippen molar-refractivity contribution in [2.45, 2.75) is 30.1 Å². The molecule has 9 heteroatoms. The summed E-state index contributed by atoms with van der Waals surface area (Å²) in [6.07, 6.45) is 3.92. The zero-order valence-corrected chi connectivity index (χ0v) is 18.3. The minimum Gasteiger partial charge on any atom is -0.265 e. The second kappa shape index (κ2) is 8.55. The second-order valence-electron chi connectivity index (χ2n) is 6.39. The number of pyridine rings is 1. The molecule has 0 aliphatic carbocycles. The highest BCUT2D eigenvalue weighted by molar-refractivity contribution is 7.93. The number of sulfonamides is 2. The lowest BCUT2D eigenvalue weighted by molar-refractivity contribution is 0.590. The van der Waals surface area contributed by atoms with Gasteiger partial charge in [0.2, 0.25) is 10.0 Å². The molecule has 0 unspecified atom stereocenters. The van der Waals surface area contributed by atoms with E-state index in [9.17, 15) is 16.8 Å². The molecule has 0 amide bonds. The van der Waals surface area contributed by atoms with E-state index < -0.39 is 20.0 Å². The van der Waals surface area contributed by atoms with Gasteiger partial charge in [0.05, 0.1) is 15.5 Å². The Hall–Kier alpha value is -2.75. The maximum Gasteiger partial charge on any atom is 0.264 e. The molecule has 4 rings (SSSR count). The average molecular weight is 446 g/mol. The van der Waals surface area contributed by atoms with Gasteiger partial charge in [-0.2, -0.15) is 0 Å². The third kappa shape index (κ3) is 4.09. The van der Waals surface area contributed by atoms with Gasteiger partial charge in [0, 0.05) is 24.5 Å². The van der Waals surface area contributed by atoms with Crippen molar-refractivity contribution in [1.82, 2.24) is 4.98 Å². The van der Waals surface area contributed by atoms with E-state index in [4.69, 9.17) is 5.14 Å². The summed E-state index contributed by atoms with van der Waals surface area (Å²) in [4.78, 5) is 3.89. The zero-order valence-electron chi connectivity index (χ0n) is 16.7. The number of fused-ring (bicyclic) bond motifs is 1. The first-order valence-corrected chi connectivity index (χ1v) is 12.4. The van der Waals surface area contributed by atoms with Crippen LogP contribution in [0.1, 0.15) is 19.4 Å². The Morgan fingerprint density at radius 2 is 1.47 bits per heavy atom. The molecule has 2 aromatic carbocycles. The Labute approximate surface area is 177 Å². The molecule has 0 saturated heterocycles. The van der Waals surface area contributed by atoms with Crippen LogP contribution < -0.4 is 9.44 Å². The van der Waals surface area contributed by atoms with E-state index >= 15 is 0 Å². The fraction of sp³-hybridized carbons (Fsp3) is 0.190. The number of nitrogens with zero attached hydrogens (tertiary/aromatic N) is 2. The molecule has 7 nitrogen and oxygen atoms in total. The van der Waals surface area contributed by atoms with Crippen molar-refractivity contribution < 1.29 is 16.8 Å². The van der Waals surface area contributed by atoms with Crippen LogP contribution in [-0.4, -0.2) is 28.4 Å². The highest BCUT2D eigenvalue weighted by Crippen LogP contribution is 2.40. The van der Waals surface area contributed by atoms with Crippen molar-refractivity contribution in [2.75, 3.05) is 10.8 Å². The molecule has 1 aromatic heterocycles. The fourth-order valence-electron chi connectivity index (χ4n) is 3.35. The van der Waals surface area contributed by atoms with Gasteiger partial charge >= 0.3 is 0 Å². The van der Waals surface area contributed by atoms with Crippen molar-refractivity contribution in [1.29, 1.82) is 0 Å². The number of hydrogen-bond acceptors (Lipinski definition) is 5. The van der Waals surface area contributed by atoms with Crippen LogP contribution in [0.15, 0.2) is 76.8 Å². The lowest BCUT2D eigenvalue weighted by Gasteiger charge is -2.22. The summed E-state index contributed by atoms with van der Waals surface area (Å²) < 4.78 is 50.8. The van der Waals surface area contributed by atoms with Crippen molar-refractivity contribution in [2.24, 2.45) is 5.14 Å². The van der Waals surface area contributed by atoms with Crippen LogP contribution in [0.5, 0.6) is 0 Å². The van der Waals surface area contributed by atoms with Crippen molar-refractivity contribution in [3.8, 4) is 11.1 Å². The van der Waals surface area contributed by atoms with E-state index in [2.05, 4.69) is 4.98 Å². The topological polar surface area (TPSA) is 110 Å². The summed E-state index contributed by atoms with van der Waals surface area (Å²) in [5.74, 6) is 0. The van der Waals surface area contributed by atoms with Crippen LogP contribution >= 0.6 is 0 Å².